The first-order chi connectivity index (χ1) is 13.4. The van der Waals surface area contributed by atoms with Crippen LogP contribution in [0.4, 0.5) is 5.82 Å². The van der Waals surface area contributed by atoms with Crippen molar-refractivity contribution < 1.29 is 0 Å². The Kier molecular flexibility index (Phi) is 7.67. The molecule has 0 aliphatic carbocycles. The average Bonchev–Trinajstić information content (AvgIpc) is 3.08. The third-order valence-electron chi connectivity index (χ3n) is 3.59. The van der Waals surface area contributed by atoms with Gasteiger partial charge in [-0.1, -0.05) is 29.3 Å². The van der Waals surface area contributed by atoms with E-state index >= 15 is 0 Å². The van der Waals surface area contributed by atoms with Crippen LogP contribution in [0.3, 0.4) is 0 Å². The van der Waals surface area contributed by atoms with Gasteiger partial charge in [0.25, 0.3) is 0 Å². The Labute approximate surface area is 177 Å². The maximum Gasteiger partial charge on any atom is 0.123 e. The quantitative estimate of drug-likeness (QED) is 0.351. The monoisotopic (exact) mass is 432 g/mol. The molecule has 3 aromatic rings. The smallest absolute Gasteiger partial charge is 0.123 e. The number of nitriles is 1. The van der Waals surface area contributed by atoms with Crippen molar-refractivity contribution in [2.24, 2.45) is 11.6 Å². The van der Waals surface area contributed by atoms with E-state index in [9.17, 15) is 0 Å². The van der Waals surface area contributed by atoms with Gasteiger partial charge in [-0.25, -0.2) is 4.98 Å². The molecule has 7 N–H and O–H groups in total. The molecule has 2 aromatic heterocycles. The molecule has 0 saturated carbocycles. The van der Waals surface area contributed by atoms with E-state index in [0.717, 1.165) is 26.4 Å². The van der Waals surface area contributed by atoms with Crippen molar-refractivity contribution in [2.45, 2.75) is 6.92 Å². The topological polar surface area (TPSA) is 127 Å². The number of hydrazine groups is 1. The second-order valence-corrected chi connectivity index (χ2v) is 7.29. The van der Waals surface area contributed by atoms with Crippen molar-refractivity contribution in [3.8, 4) is 27.6 Å². The van der Waals surface area contributed by atoms with E-state index in [2.05, 4.69) is 10.4 Å². The van der Waals surface area contributed by atoms with Crippen molar-refractivity contribution in [3.63, 3.8) is 0 Å². The standard InChI is InChI=1S/C17H15Cl2N5S.C2H3N/c18-10-1-2-11(13(19)6-10)12-7-15(9-3-4-23-16(21)5-9)25-17(12)14(8-20)24-22;1-2-3/h1-8,24H,20,22H2,(H2,21,23);1H3/b14-8-;. The number of rotatable bonds is 4. The minimum absolute atomic E-state index is 0.449. The molecule has 9 heteroatoms. The normalized spacial score (nSPS) is 10.6. The second kappa shape index (κ2) is 9.97. The first-order valence-electron chi connectivity index (χ1n) is 7.96. The number of nitrogens with zero attached hydrogens (tertiary/aromatic N) is 2. The number of hydrogen-bond donors (Lipinski definition) is 4. The van der Waals surface area contributed by atoms with Crippen LogP contribution >= 0.6 is 34.5 Å². The zero-order valence-electron chi connectivity index (χ0n) is 14.9. The van der Waals surface area contributed by atoms with E-state index in [4.69, 9.17) is 45.8 Å². The lowest BCUT2D eigenvalue weighted by molar-refractivity contribution is 0.993. The molecule has 0 bridgehead atoms. The fourth-order valence-electron chi connectivity index (χ4n) is 2.43. The first-order valence-corrected chi connectivity index (χ1v) is 9.53. The third-order valence-corrected chi connectivity index (χ3v) is 5.35. The maximum atomic E-state index is 7.32. The number of halogens is 2. The van der Waals surface area contributed by atoms with Gasteiger partial charge in [-0.2, -0.15) is 5.26 Å². The highest BCUT2D eigenvalue weighted by atomic mass is 35.5. The summed E-state index contributed by atoms with van der Waals surface area (Å²) in [6.07, 6.45) is 3.09. The van der Waals surface area contributed by atoms with Crippen LogP contribution in [-0.4, -0.2) is 4.98 Å². The summed E-state index contributed by atoms with van der Waals surface area (Å²) in [4.78, 5) is 5.87. The fourth-order valence-corrected chi connectivity index (χ4v) is 4.10. The predicted octanol–water partition coefficient (Wildman–Crippen LogP) is 4.62. The first kappa shape index (κ1) is 21.5. The number of pyridine rings is 1. The van der Waals surface area contributed by atoms with E-state index in [0.29, 0.717) is 21.6 Å². The summed E-state index contributed by atoms with van der Waals surface area (Å²) >= 11 is 13.9. The van der Waals surface area contributed by atoms with E-state index in [1.807, 2.05) is 24.3 Å². The van der Waals surface area contributed by atoms with Gasteiger partial charge in [0.15, 0.2) is 0 Å². The van der Waals surface area contributed by atoms with Crippen LogP contribution in [0.2, 0.25) is 10.0 Å². The number of nitrogen functional groups attached to an aromatic ring is 1. The molecule has 2 heterocycles. The number of nitrogens with two attached hydrogens (primary N) is 3. The van der Waals surface area contributed by atoms with E-state index in [1.54, 1.807) is 24.4 Å². The van der Waals surface area contributed by atoms with Crippen LogP contribution in [0.25, 0.3) is 27.3 Å². The van der Waals surface area contributed by atoms with Crippen LogP contribution in [0.15, 0.2) is 48.8 Å². The molecule has 3 rings (SSSR count). The number of aromatic nitrogens is 1. The number of hydrogen-bond acceptors (Lipinski definition) is 7. The molecule has 0 radical (unpaired) electrons. The molecular formula is C19H18Cl2N6S. The predicted molar refractivity (Wildman–Crippen MR) is 118 cm³/mol. The lowest BCUT2D eigenvalue weighted by Gasteiger charge is -2.09. The Morgan fingerprint density at radius 2 is 1.93 bits per heavy atom. The van der Waals surface area contributed by atoms with Gasteiger partial charge >= 0.3 is 0 Å². The minimum Gasteiger partial charge on any atom is -0.403 e. The summed E-state index contributed by atoms with van der Waals surface area (Å²) in [6, 6.07) is 12.8. The van der Waals surface area contributed by atoms with Crippen molar-refractivity contribution in [2.75, 3.05) is 5.73 Å². The molecule has 28 heavy (non-hydrogen) atoms. The second-order valence-electron chi connectivity index (χ2n) is 5.40. The van der Waals surface area contributed by atoms with Crippen LogP contribution in [0.1, 0.15) is 11.8 Å². The van der Waals surface area contributed by atoms with Crippen molar-refractivity contribution in [1.29, 1.82) is 5.26 Å². The number of benzene rings is 1. The molecule has 0 saturated heterocycles. The Balaban J connectivity index is 0.000000878. The average molecular weight is 433 g/mol. The van der Waals surface area contributed by atoms with Gasteiger partial charge in [-0.15, -0.1) is 11.3 Å². The number of nitrogens with one attached hydrogen (secondary N) is 1. The van der Waals surface area contributed by atoms with Crippen molar-refractivity contribution in [3.05, 3.63) is 63.7 Å². The number of anilines is 1. The summed E-state index contributed by atoms with van der Waals surface area (Å²) in [5.74, 6) is 6.07. The molecule has 144 valence electrons. The zero-order valence-corrected chi connectivity index (χ0v) is 17.2. The lowest BCUT2D eigenvalue weighted by Crippen LogP contribution is -2.20. The van der Waals surface area contributed by atoms with Gasteiger partial charge in [0.2, 0.25) is 0 Å². The van der Waals surface area contributed by atoms with Gasteiger partial charge in [0.05, 0.1) is 16.6 Å². The largest absolute Gasteiger partial charge is 0.403 e. The fraction of sp³-hybridized carbons (Fsp3) is 0.0526. The molecule has 0 fully saturated rings. The summed E-state index contributed by atoms with van der Waals surface area (Å²) in [7, 11) is 0. The van der Waals surface area contributed by atoms with Crippen molar-refractivity contribution >= 4 is 46.1 Å². The Morgan fingerprint density at radius 3 is 2.50 bits per heavy atom. The van der Waals surface area contributed by atoms with Crippen LogP contribution in [0.5, 0.6) is 0 Å². The molecule has 0 aliphatic rings. The number of thiophene rings is 1. The van der Waals surface area contributed by atoms with Crippen LogP contribution in [-0.2, 0) is 0 Å². The molecule has 0 atom stereocenters. The third kappa shape index (κ3) is 4.94. The molecule has 0 amide bonds. The van der Waals surface area contributed by atoms with Gasteiger partial charge in [-0.05, 0) is 35.9 Å². The van der Waals surface area contributed by atoms with Gasteiger partial charge in [-0.3, -0.25) is 5.84 Å². The van der Waals surface area contributed by atoms with Gasteiger partial charge in [0, 0.05) is 45.4 Å². The molecule has 6 nitrogen and oxygen atoms in total. The lowest BCUT2D eigenvalue weighted by atomic mass is 10.0. The Morgan fingerprint density at radius 1 is 1.21 bits per heavy atom. The Hall–Kier alpha value is -2.76. The molecular weight excluding hydrogens is 415 g/mol. The summed E-state index contributed by atoms with van der Waals surface area (Å²) in [5.41, 5.74) is 17.4. The highest BCUT2D eigenvalue weighted by Crippen LogP contribution is 2.42. The summed E-state index contributed by atoms with van der Waals surface area (Å²) < 4.78 is 0. The SMILES string of the molecule is CC#N.N/C=C(\NN)c1sc(-c2ccnc(N)c2)cc1-c1ccc(Cl)cc1Cl. The van der Waals surface area contributed by atoms with Crippen LogP contribution < -0.4 is 22.7 Å². The molecule has 0 spiro atoms. The highest BCUT2D eigenvalue weighted by Gasteiger charge is 2.17. The van der Waals surface area contributed by atoms with E-state index in [1.165, 1.54) is 24.5 Å². The highest BCUT2D eigenvalue weighted by molar-refractivity contribution is 7.17. The van der Waals surface area contributed by atoms with Crippen molar-refractivity contribution in [1.82, 2.24) is 10.4 Å². The van der Waals surface area contributed by atoms with E-state index < -0.39 is 0 Å². The molecule has 0 unspecified atom stereocenters. The van der Waals surface area contributed by atoms with Gasteiger partial charge in [0.1, 0.15) is 5.82 Å². The maximum absolute atomic E-state index is 7.32. The van der Waals surface area contributed by atoms with E-state index in [-0.39, 0.29) is 0 Å². The molecule has 1 aromatic carbocycles. The zero-order chi connectivity index (χ0) is 20.7. The Bertz CT molecular complexity index is 1040. The van der Waals surface area contributed by atoms with Gasteiger partial charge < -0.3 is 16.9 Å². The summed E-state index contributed by atoms with van der Waals surface area (Å²) in [5, 5.41) is 8.43. The molecule has 0 aliphatic heterocycles. The van der Waals surface area contributed by atoms with Crippen LogP contribution in [0, 0.1) is 11.3 Å². The summed E-state index contributed by atoms with van der Waals surface area (Å²) in [6.45, 7) is 1.43. The minimum atomic E-state index is 0.449.